The summed E-state index contributed by atoms with van der Waals surface area (Å²) in [5.74, 6) is -0.541. The second-order valence-electron chi connectivity index (χ2n) is 6.11. The van der Waals surface area contributed by atoms with E-state index in [0.29, 0.717) is 11.4 Å². The number of aromatic nitrogens is 1. The molecule has 8 nitrogen and oxygen atoms in total. The van der Waals surface area contributed by atoms with Crippen LogP contribution in [0.25, 0.3) is 0 Å². The number of ether oxygens (including phenoxy) is 1. The van der Waals surface area contributed by atoms with Gasteiger partial charge in [0.2, 0.25) is 5.91 Å². The Morgan fingerprint density at radius 3 is 2.69 bits per heavy atom. The van der Waals surface area contributed by atoms with Crippen molar-refractivity contribution in [3.05, 3.63) is 98.7 Å². The quantitative estimate of drug-likeness (QED) is 0.487. The molecule has 2 aromatic carbocycles. The minimum atomic E-state index is -0.643. The first-order valence-electron chi connectivity index (χ1n) is 8.53. The van der Waals surface area contributed by atoms with E-state index in [1.165, 1.54) is 18.2 Å². The third-order valence-electron chi connectivity index (χ3n) is 3.90. The molecule has 3 aromatic rings. The number of hydrogen-bond acceptors (Lipinski definition) is 5. The molecule has 3 rings (SSSR count). The summed E-state index contributed by atoms with van der Waals surface area (Å²) in [6, 6.07) is 14.7. The predicted octanol–water partition coefficient (Wildman–Crippen LogP) is 3.11. The Bertz CT molecular complexity index is 1110. The maximum Gasteiger partial charge on any atom is 0.285 e. The van der Waals surface area contributed by atoms with Crippen molar-refractivity contribution in [1.29, 1.82) is 0 Å². The summed E-state index contributed by atoms with van der Waals surface area (Å²) in [7, 11) is 0. The molecule has 0 aliphatic heterocycles. The van der Waals surface area contributed by atoms with E-state index in [0.717, 1.165) is 28.5 Å². The molecule has 0 bridgehead atoms. The summed E-state index contributed by atoms with van der Waals surface area (Å²) in [4.78, 5) is 34.2. The molecule has 29 heavy (non-hydrogen) atoms. The van der Waals surface area contributed by atoms with Gasteiger partial charge in [0.25, 0.3) is 11.2 Å². The van der Waals surface area contributed by atoms with Gasteiger partial charge in [-0.25, -0.2) is 4.39 Å². The molecular weight excluding hydrogens is 381 g/mol. The fraction of sp³-hybridized carbons (Fsp3) is 0.100. The molecular formula is C20H16FN3O5. The normalized spacial score (nSPS) is 10.4. The average molecular weight is 397 g/mol. The highest BCUT2D eigenvalue weighted by Crippen LogP contribution is 2.16. The molecule has 9 heteroatoms. The Balaban J connectivity index is 1.64. The van der Waals surface area contributed by atoms with Crippen LogP contribution in [0.15, 0.2) is 71.7 Å². The van der Waals surface area contributed by atoms with Gasteiger partial charge in [0.15, 0.2) is 0 Å². The number of carbonyl (C=O) groups excluding carboxylic acids is 1. The Kier molecular flexibility index (Phi) is 5.98. The van der Waals surface area contributed by atoms with E-state index in [2.05, 4.69) is 5.32 Å². The van der Waals surface area contributed by atoms with E-state index < -0.39 is 22.2 Å². The lowest BCUT2D eigenvalue weighted by Crippen LogP contribution is -2.27. The van der Waals surface area contributed by atoms with Crippen LogP contribution in [0.3, 0.4) is 0 Å². The Morgan fingerprint density at radius 1 is 1.14 bits per heavy atom. The molecule has 1 heterocycles. The number of carbonyl (C=O) groups is 1. The molecule has 1 amide bonds. The molecule has 0 saturated heterocycles. The number of nitrogens with zero attached hydrogens (tertiary/aromatic N) is 2. The van der Waals surface area contributed by atoms with Gasteiger partial charge in [0.05, 0.1) is 11.1 Å². The molecule has 1 N–H and O–H groups in total. The van der Waals surface area contributed by atoms with Crippen LogP contribution < -0.4 is 15.6 Å². The smallest absolute Gasteiger partial charge is 0.285 e. The lowest BCUT2D eigenvalue weighted by Gasteiger charge is -2.10. The first kappa shape index (κ1) is 19.7. The zero-order valence-corrected chi connectivity index (χ0v) is 15.1. The molecule has 148 valence electrons. The van der Waals surface area contributed by atoms with Crippen molar-refractivity contribution in [3.8, 4) is 5.75 Å². The Labute approximate surface area is 164 Å². The highest BCUT2D eigenvalue weighted by molar-refractivity contribution is 5.90. The van der Waals surface area contributed by atoms with Gasteiger partial charge in [0, 0.05) is 23.9 Å². The van der Waals surface area contributed by atoms with Crippen molar-refractivity contribution < 1.29 is 18.8 Å². The van der Waals surface area contributed by atoms with Crippen molar-refractivity contribution in [1.82, 2.24) is 4.57 Å². The van der Waals surface area contributed by atoms with Crippen molar-refractivity contribution in [2.24, 2.45) is 0 Å². The van der Waals surface area contributed by atoms with E-state index in [4.69, 9.17) is 4.74 Å². The first-order chi connectivity index (χ1) is 13.9. The maximum atomic E-state index is 13.2. The molecule has 0 saturated carbocycles. The fourth-order valence-electron chi connectivity index (χ4n) is 2.57. The maximum absolute atomic E-state index is 13.2. The third-order valence-corrected chi connectivity index (χ3v) is 3.90. The minimum Gasteiger partial charge on any atom is -0.489 e. The number of benzene rings is 2. The van der Waals surface area contributed by atoms with Gasteiger partial charge < -0.3 is 10.1 Å². The highest BCUT2D eigenvalue weighted by atomic mass is 19.1. The highest BCUT2D eigenvalue weighted by Gasteiger charge is 2.11. The van der Waals surface area contributed by atoms with Crippen LogP contribution in [0.2, 0.25) is 0 Å². The van der Waals surface area contributed by atoms with E-state index in [-0.39, 0.29) is 18.8 Å². The topological polar surface area (TPSA) is 103 Å². The Morgan fingerprint density at radius 2 is 1.93 bits per heavy atom. The van der Waals surface area contributed by atoms with Crippen LogP contribution in [0.4, 0.5) is 15.8 Å². The van der Waals surface area contributed by atoms with Gasteiger partial charge in [-0.05, 0) is 29.8 Å². The van der Waals surface area contributed by atoms with E-state index >= 15 is 0 Å². The first-order valence-corrected chi connectivity index (χ1v) is 8.53. The number of nitrogens with one attached hydrogen (secondary N) is 1. The van der Waals surface area contributed by atoms with Crippen LogP contribution >= 0.6 is 0 Å². The van der Waals surface area contributed by atoms with Crippen molar-refractivity contribution in [2.45, 2.75) is 13.2 Å². The minimum absolute atomic E-state index is 0.164. The SMILES string of the molecule is O=C(Cn1cc([N+](=O)[O-])ccc1=O)Nc1cccc(COc2cccc(F)c2)c1. The zero-order valence-electron chi connectivity index (χ0n) is 15.1. The molecule has 0 atom stereocenters. The molecule has 0 fully saturated rings. The van der Waals surface area contributed by atoms with Crippen molar-refractivity contribution >= 4 is 17.3 Å². The zero-order chi connectivity index (χ0) is 20.8. The number of nitro groups is 1. The number of anilines is 1. The monoisotopic (exact) mass is 397 g/mol. The van der Waals surface area contributed by atoms with Gasteiger partial charge in [-0.15, -0.1) is 0 Å². The summed E-state index contributed by atoms with van der Waals surface area (Å²) in [5, 5.41) is 13.4. The van der Waals surface area contributed by atoms with Crippen LogP contribution in [0.5, 0.6) is 5.75 Å². The molecule has 0 radical (unpaired) electrons. The summed E-state index contributed by atoms with van der Waals surface area (Å²) in [5.41, 5.74) is 0.394. The predicted molar refractivity (Wildman–Crippen MR) is 103 cm³/mol. The second-order valence-corrected chi connectivity index (χ2v) is 6.11. The second kappa shape index (κ2) is 8.79. The van der Waals surface area contributed by atoms with Crippen LogP contribution in [0.1, 0.15) is 5.56 Å². The Hall–Kier alpha value is -4.01. The number of hydrogen-bond donors (Lipinski definition) is 1. The van der Waals surface area contributed by atoms with E-state index in [1.807, 2.05) is 0 Å². The van der Waals surface area contributed by atoms with Gasteiger partial charge in [-0.3, -0.25) is 24.3 Å². The molecule has 0 spiro atoms. The van der Waals surface area contributed by atoms with E-state index in [9.17, 15) is 24.1 Å². The number of pyridine rings is 1. The van der Waals surface area contributed by atoms with Gasteiger partial charge >= 0.3 is 0 Å². The summed E-state index contributed by atoms with van der Waals surface area (Å²) in [6.07, 6.45) is 1.02. The lowest BCUT2D eigenvalue weighted by molar-refractivity contribution is -0.385. The standard InChI is InChI=1S/C20H16FN3O5/c21-15-4-2-6-18(10-15)29-13-14-3-1-5-16(9-14)22-19(25)12-23-11-17(24(27)28)7-8-20(23)26/h1-11H,12-13H2,(H,22,25). The van der Waals surface area contributed by atoms with Gasteiger partial charge in [-0.1, -0.05) is 18.2 Å². The largest absolute Gasteiger partial charge is 0.489 e. The average Bonchev–Trinajstić information content (AvgIpc) is 2.68. The summed E-state index contributed by atoms with van der Waals surface area (Å²) in [6.45, 7) is -0.206. The van der Waals surface area contributed by atoms with Gasteiger partial charge in [-0.2, -0.15) is 0 Å². The van der Waals surface area contributed by atoms with E-state index in [1.54, 1.807) is 30.3 Å². The number of halogens is 1. The lowest BCUT2D eigenvalue weighted by atomic mass is 10.2. The summed E-state index contributed by atoms with van der Waals surface area (Å²) < 4.78 is 19.7. The van der Waals surface area contributed by atoms with Crippen LogP contribution in [-0.2, 0) is 17.9 Å². The third kappa shape index (κ3) is 5.48. The van der Waals surface area contributed by atoms with Crippen LogP contribution in [0, 0.1) is 15.9 Å². The number of amides is 1. The molecule has 0 aliphatic rings. The summed E-state index contributed by atoms with van der Waals surface area (Å²) >= 11 is 0. The molecule has 1 aromatic heterocycles. The van der Waals surface area contributed by atoms with Crippen molar-refractivity contribution in [3.63, 3.8) is 0 Å². The van der Waals surface area contributed by atoms with Gasteiger partial charge in [0.1, 0.15) is 24.7 Å². The van der Waals surface area contributed by atoms with Crippen molar-refractivity contribution in [2.75, 3.05) is 5.32 Å². The fourth-order valence-corrected chi connectivity index (χ4v) is 2.57. The number of rotatable bonds is 7. The molecule has 0 unspecified atom stereocenters. The van der Waals surface area contributed by atoms with Crippen LogP contribution in [-0.4, -0.2) is 15.4 Å². The molecule has 0 aliphatic carbocycles.